The van der Waals surface area contributed by atoms with Gasteiger partial charge in [-0.2, -0.15) is 0 Å². The van der Waals surface area contributed by atoms with Crippen LogP contribution in [0.4, 0.5) is 5.95 Å². The summed E-state index contributed by atoms with van der Waals surface area (Å²) in [7, 11) is 0. The van der Waals surface area contributed by atoms with E-state index in [1.54, 1.807) is 24.0 Å². The van der Waals surface area contributed by atoms with Crippen molar-refractivity contribution < 1.29 is 9.90 Å². The van der Waals surface area contributed by atoms with E-state index in [2.05, 4.69) is 20.6 Å². The number of hydrogen-bond donors (Lipinski definition) is 3. The van der Waals surface area contributed by atoms with Gasteiger partial charge < -0.3 is 15.7 Å². The van der Waals surface area contributed by atoms with Gasteiger partial charge >= 0.3 is 5.97 Å². The van der Waals surface area contributed by atoms with Gasteiger partial charge in [-0.3, -0.25) is 4.79 Å². The molecular formula is C16H18N4O2S2. The molecule has 0 aliphatic carbocycles. The van der Waals surface area contributed by atoms with Gasteiger partial charge in [-0.15, -0.1) is 11.8 Å². The number of hydrogen-bond acceptors (Lipinski definition) is 5. The fraction of sp³-hybridized carbons (Fsp3) is 0.250. The third kappa shape index (κ3) is 5.47. The first-order valence-corrected chi connectivity index (χ1v) is 8.84. The van der Waals surface area contributed by atoms with Crippen LogP contribution in [0.1, 0.15) is 23.7 Å². The molecule has 0 unspecified atom stereocenters. The van der Waals surface area contributed by atoms with Gasteiger partial charge in [0.25, 0.3) is 0 Å². The van der Waals surface area contributed by atoms with Crippen LogP contribution in [0.3, 0.4) is 0 Å². The molecule has 6 nitrogen and oxygen atoms in total. The van der Waals surface area contributed by atoms with Gasteiger partial charge in [0.1, 0.15) is 0 Å². The Morgan fingerprint density at radius 3 is 2.62 bits per heavy atom. The van der Waals surface area contributed by atoms with E-state index >= 15 is 0 Å². The van der Waals surface area contributed by atoms with E-state index in [-0.39, 0.29) is 11.5 Å². The summed E-state index contributed by atoms with van der Waals surface area (Å²) in [6, 6.07) is 9.05. The number of anilines is 1. The van der Waals surface area contributed by atoms with Crippen LogP contribution < -0.4 is 10.6 Å². The Kier molecular flexibility index (Phi) is 6.51. The molecule has 1 aromatic carbocycles. The molecule has 8 heteroatoms. The lowest BCUT2D eigenvalue weighted by Gasteiger charge is -2.19. The highest BCUT2D eigenvalue weighted by molar-refractivity contribution is 7.98. The van der Waals surface area contributed by atoms with Gasteiger partial charge in [0.2, 0.25) is 5.95 Å². The van der Waals surface area contributed by atoms with Gasteiger partial charge in [-0.1, -0.05) is 12.1 Å². The van der Waals surface area contributed by atoms with Crippen LogP contribution in [0.2, 0.25) is 0 Å². The van der Waals surface area contributed by atoms with Crippen molar-refractivity contribution in [3.8, 4) is 0 Å². The molecule has 1 atom stereocenters. The highest BCUT2D eigenvalue weighted by Crippen LogP contribution is 2.21. The number of carboxylic acids is 1. The Balaban J connectivity index is 2.09. The quantitative estimate of drug-likeness (QED) is 0.534. The molecule has 24 heavy (non-hydrogen) atoms. The number of carboxylic acid groups (broad SMARTS) is 1. The van der Waals surface area contributed by atoms with Gasteiger partial charge in [-0.05, 0) is 49.2 Å². The fourth-order valence-electron chi connectivity index (χ4n) is 2.07. The maximum absolute atomic E-state index is 11.2. The summed E-state index contributed by atoms with van der Waals surface area (Å²) in [6.07, 6.45) is 3.53. The Labute approximate surface area is 150 Å². The third-order valence-electron chi connectivity index (χ3n) is 3.22. The number of rotatable bonds is 6. The Bertz CT molecular complexity index is 722. The van der Waals surface area contributed by atoms with Crippen LogP contribution in [0.25, 0.3) is 0 Å². The summed E-state index contributed by atoms with van der Waals surface area (Å²) in [4.78, 5) is 20.6. The van der Waals surface area contributed by atoms with Crippen LogP contribution in [0, 0.1) is 6.92 Å². The standard InChI is InChI=1S/C16H18N4O2S2/c1-10-7-8-17-15(18-10)20-16(23)19-13(9-14(21)22)11-3-5-12(24-2)6-4-11/h3-8,13H,9H2,1-2H3,(H,21,22)(H2,17,18,19,20,23)/t13-/m1/s1. The van der Waals surface area contributed by atoms with Gasteiger partial charge in [0.05, 0.1) is 12.5 Å². The van der Waals surface area contributed by atoms with E-state index < -0.39 is 12.0 Å². The smallest absolute Gasteiger partial charge is 0.305 e. The fourth-order valence-corrected chi connectivity index (χ4v) is 2.71. The highest BCUT2D eigenvalue weighted by Gasteiger charge is 2.17. The molecule has 1 aromatic heterocycles. The number of aliphatic carboxylic acids is 1. The van der Waals surface area contributed by atoms with Gasteiger partial charge in [0.15, 0.2) is 5.11 Å². The van der Waals surface area contributed by atoms with Crippen molar-refractivity contribution in [3.05, 3.63) is 47.8 Å². The van der Waals surface area contributed by atoms with Gasteiger partial charge in [0, 0.05) is 16.8 Å². The molecule has 0 radical (unpaired) electrons. The first kappa shape index (κ1) is 18.2. The Morgan fingerprint density at radius 2 is 2.04 bits per heavy atom. The van der Waals surface area contributed by atoms with Crippen LogP contribution in [0.15, 0.2) is 41.4 Å². The zero-order chi connectivity index (χ0) is 17.5. The number of benzene rings is 1. The minimum absolute atomic E-state index is 0.0882. The summed E-state index contributed by atoms with van der Waals surface area (Å²) in [5, 5.41) is 15.3. The number of carbonyl (C=O) groups is 1. The number of thioether (sulfide) groups is 1. The maximum atomic E-state index is 11.2. The number of nitrogens with one attached hydrogen (secondary N) is 2. The van der Waals surface area contributed by atoms with Crippen molar-refractivity contribution in [2.75, 3.05) is 11.6 Å². The second-order valence-electron chi connectivity index (χ2n) is 5.04. The molecule has 0 bridgehead atoms. The molecule has 3 N–H and O–H groups in total. The molecule has 0 amide bonds. The van der Waals surface area contributed by atoms with Gasteiger partial charge in [-0.25, -0.2) is 9.97 Å². The van der Waals surface area contributed by atoms with E-state index in [0.29, 0.717) is 5.95 Å². The largest absolute Gasteiger partial charge is 0.481 e. The Morgan fingerprint density at radius 1 is 1.33 bits per heavy atom. The van der Waals surface area contributed by atoms with Crippen LogP contribution >= 0.6 is 24.0 Å². The first-order chi connectivity index (χ1) is 11.5. The zero-order valence-electron chi connectivity index (χ0n) is 13.3. The van der Waals surface area contributed by atoms with Crippen molar-refractivity contribution in [1.29, 1.82) is 0 Å². The summed E-state index contributed by atoms with van der Waals surface area (Å²) >= 11 is 6.89. The molecule has 1 heterocycles. The average Bonchev–Trinajstić information content (AvgIpc) is 2.54. The van der Waals surface area contributed by atoms with Crippen molar-refractivity contribution in [2.24, 2.45) is 0 Å². The van der Waals surface area contributed by atoms with Crippen molar-refractivity contribution >= 4 is 41.0 Å². The number of aromatic nitrogens is 2. The molecule has 2 rings (SSSR count). The summed E-state index contributed by atoms with van der Waals surface area (Å²) in [5.74, 6) is -0.532. The molecular weight excluding hydrogens is 344 g/mol. The molecule has 0 aliphatic rings. The molecule has 126 valence electrons. The second kappa shape index (κ2) is 8.60. The van der Waals surface area contributed by atoms with Crippen LogP contribution in [-0.4, -0.2) is 32.4 Å². The average molecular weight is 362 g/mol. The van der Waals surface area contributed by atoms with E-state index in [1.807, 2.05) is 37.4 Å². The zero-order valence-corrected chi connectivity index (χ0v) is 14.9. The maximum Gasteiger partial charge on any atom is 0.305 e. The van der Waals surface area contributed by atoms with Crippen molar-refractivity contribution in [2.45, 2.75) is 24.3 Å². The molecule has 0 aliphatic heterocycles. The number of aryl methyl sites for hydroxylation is 1. The second-order valence-corrected chi connectivity index (χ2v) is 6.33. The highest BCUT2D eigenvalue weighted by atomic mass is 32.2. The predicted molar refractivity (Wildman–Crippen MR) is 99.3 cm³/mol. The van der Waals surface area contributed by atoms with E-state index in [9.17, 15) is 4.79 Å². The van der Waals surface area contributed by atoms with Crippen LogP contribution in [-0.2, 0) is 4.79 Å². The molecule has 2 aromatic rings. The number of thiocarbonyl (C=S) groups is 1. The minimum Gasteiger partial charge on any atom is -0.481 e. The number of nitrogens with zero attached hydrogens (tertiary/aromatic N) is 2. The van der Waals surface area contributed by atoms with Crippen LogP contribution in [0.5, 0.6) is 0 Å². The molecule has 0 spiro atoms. The summed E-state index contributed by atoms with van der Waals surface area (Å²) in [5.41, 5.74) is 1.66. The van der Waals surface area contributed by atoms with Crippen molar-refractivity contribution in [1.82, 2.24) is 15.3 Å². The predicted octanol–water partition coefficient (Wildman–Crippen LogP) is 3.01. The molecule has 0 fully saturated rings. The molecule has 0 saturated heterocycles. The normalized spacial score (nSPS) is 11.6. The summed E-state index contributed by atoms with van der Waals surface area (Å²) < 4.78 is 0. The SMILES string of the molecule is CSc1ccc([C@@H](CC(=O)O)NC(=S)Nc2nccc(C)n2)cc1. The van der Waals surface area contributed by atoms with E-state index in [4.69, 9.17) is 17.3 Å². The summed E-state index contributed by atoms with van der Waals surface area (Å²) in [6.45, 7) is 1.85. The minimum atomic E-state index is -0.906. The van der Waals surface area contributed by atoms with E-state index in [0.717, 1.165) is 16.2 Å². The molecule has 0 saturated carbocycles. The lowest BCUT2D eigenvalue weighted by Crippen LogP contribution is -2.34. The topological polar surface area (TPSA) is 87.1 Å². The first-order valence-electron chi connectivity index (χ1n) is 7.21. The van der Waals surface area contributed by atoms with E-state index in [1.165, 1.54) is 0 Å². The lowest BCUT2D eigenvalue weighted by molar-refractivity contribution is -0.137. The lowest BCUT2D eigenvalue weighted by atomic mass is 10.0. The van der Waals surface area contributed by atoms with Crippen molar-refractivity contribution in [3.63, 3.8) is 0 Å². The Hall–Kier alpha value is -2.19. The third-order valence-corrected chi connectivity index (χ3v) is 4.19. The monoisotopic (exact) mass is 362 g/mol.